The van der Waals surface area contributed by atoms with Crippen LogP contribution in [0.15, 0.2) is 6.20 Å². The standard InChI is InChI=1S/C13H20N2O2/c1-15-10-12(4-2-3-7-16)13(14-15)11-5-8-17-9-6-11/h7,10-11H,2-6,8-9H2,1H3. The molecule has 1 saturated heterocycles. The molecule has 0 aliphatic carbocycles. The second kappa shape index (κ2) is 5.96. The monoisotopic (exact) mass is 236 g/mol. The van der Waals surface area contributed by atoms with Gasteiger partial charge in [-0.3, -0.25) is 4.68 Å². The lowest BCUT2D eigenvalue weighted by Crippen LogP contribution is -2.15. The van der Waals surface area contributed by atoms with Crippen LogP contribution in [0.4, 0.5) is 0 Å². The first-order chi connectivity index (χ1) is 8.31. The molecule has 0 spiro atoms. The molecule has 0 N–H and O–H groups in total. The number of rotatable bonds is 5. The SMILES string of the molecule is Cn1cc(CCCC=O)c(C2CCOCC2)n1. The Morgan fingerprint density at radius 2 is 2.29 bits per heavy atom. The maximum Gasteiger partial charge on any atom is 0.120 e. The van der Waals surface area contributed by atoms with E-state index in [9.17, 15) is 4.79 Å². The third kappa shape index (κ3) is 3.16. The Morgan fingerprint density at radius 3 is 3.00 bits per heavy atom. The Kier molecular flexibility index (Phi) is 4.31. The van der Waals surface area contributed by atoms with Crippen LogP contribution in [0, 0.1) is 0 Å². The van der Waals surface area contributed by atoms with Gasteiger partial charge in [0.25, 0.3) is 0 Å². The van der Waals surface area contributed by atoms with Crippen molar-refractivity contribution in [3.63, 3.8) is 0 Å². The van der Waals surface area contributed by atoms with Gasteiger partial charge in [0, 0.05) is 38.8 Å². The zero-order valence-corrected chi connectivity index (χ0v) is 10.4. The number of nitrogens with zero attached hydrogens (tertiary/aromatic N) is 2. The normalized spacial score (nSPS) is 17.2. The van der Waals surface area contributed by atoms with E-state index in [1.165, 1.54) is 11.3 Å². The summed E-state index contributed by atoms with van der Waals surface area (Å²) in [5.74, 6) is 0.538. The van der Waals surface area contributed by atoms with Crippen molar-refractivity contribution in [1.82, 2.24) is 9.78 Å². The van der Waals surface area contributed by atoms with E-state index in [0.29, 0.717) is 12.3 Å². The minimum Gasteiger partial charge on any atom is -0.381 e. The molecule has 1 aromatic heterocycles. The van der Waals surface area contributed by atoms with E-state index in [4.69, 9.17) is 4.74 Å². The van der Waals surface area contributed by atoms with Crippen LogP contribution in [0.1, 0.15) is 42.9 Å². The van der Waals surface area contributed by atoms with Crippen LogP contribution in [0.2, 0.25) is 0 Å². The summed E-state index contributed by atoms with van der Waals surface area (Å²) < 4.78 is 7.28. The summed E-state index contributed by atoms with van der Waals surface area (Å²) in [7, 11) is 1.96. The second-order valence-electron chi connectivity index (χ2n) is 4.66. The molecule has 4 nitrogen and oxygen atoms in total. The zero-order chi connectivity index (χ0) is 12.1. The summed E-state index contributed by atoms with van der Waals surface area (Å²) in [5, 5.41) is 4.59. The Hall–Kier alpha value is -1.16. The molecule has 1 aliphatic heterocycles. The van der Waals surface area contributed by atoms with E-state index in [-0.39, 0.29) is 0 Å². The molecule has 0 unspecified atom stereocenters. The van der Waals surface area contributed by atoms with Crippen LogP contribution in [0.3, 0.4) is 0 Å². The molecule has 0 atom stereocenters. The van der Waals surface area contributed by atoms with Gasteiger partial charge in [0.1, 0.15) is 6.29 Å². The van der Waals surface area contributed by atoms with Crippen molar-refractivity contribution in [2.75, 3.05) is 13.2 Å². The molecule has 17 heavy (non-hydrogen) atoms. The summed E-state index contributed by atoms with van der Waals surface area (Å²) in [5.41, 5.74) is 2.53. The number of ether oxygens (including phenoxy) is 1. The molecule has 0 bridgehead atoms. The number of carbonyl (C=O) groups is 1. The highest BCUT2D eigenvalue weighted by molar-refractivity contribution is 5.49. The zero-order valence-electron chi connectivity index (χ0n) is 10.4. The van der Waals surface area contributed by atoms with E-state index >= 15 is 0 Å². The van der Waals surface area contributed by atoms with Crippen molar-refractivity contribution in [3.05, 3.63) is 17.5 Å². The third-order valence-corrected chi connectivity index (χ3v) is 3.31. The smallest absolute Gasteiger partial charge is 0.120 e. The summed E-state index contributed by atoms with van der Waals surface area (Å²) in [6.45, 7) is 1.68. The Balaban J connectivity index is 2.05. The Morgan fingerprint density at radius 1 is 1.53 bits per heavy atom. The van der Waals surface area contributed by atoms with E-state index < -0.39 is 0 Å². The first-order valence-corrected chi connectivity index (χ1v) is 6.35. The van der Waals surface area contributed by atoms with Gasteiger partial charge in [-0.25, -0.2) is 0 Å². The molecule has 0 aromatic carbocycles. The lowest BCUT2D eigenvalue weighted by molar-refractivity contribution is -0.107. The van der Waals surface area contributed by atoms with Gasteiger partial charge in [0.05, 0.1) is 5.69 Å². The molecule has 94 valence electrons. The molecule has 1 aromatic rings. The number of aryl methyl sites for hydroxylation is 2. The quantitative estimate of drug-likeness (QED) is 0.578. The fourth-order valence-electron chi connectivity index (χ4n) is 2.44. The highest BCUT2D eigenvalue weighted by Gasteiger charge is 2.21. The second-order valence-corrected chi connectivity index (χ2v) is 4.66. The van der Waals surface area contributed by atoms with Gasteiger partial charge < -0.3 is 9.53 Å². The molecule has 0 amide bonds. The van der Waals surface area contributed by atoms with Gasteiger partial charge in [0.15, 0.2) is 0 Å². The van der Waals surface area contributed by atoms with Crippen LogP contribution in [0.5, 0.6) is 0 Å². The van der Waals surface area contributed by atoms with Gasteiger partial charge in [0.2, 0.25) is 0 Å². The van der Waals surface area contributed by atoms with Crippen LogP contribution >= 0.6 is 0 Å². The average molecular weight is 236 g/mol. The van der Waals surface area contributed by atoms with Crippen molar-refractivity contribution in [2.24, 2.45) is 7.05 Å². The van der Waals surface area contributed by atoms with Crippen LogP contribution in [-0.4, -0.2) is 29.3 Å². The van der Waals surface area contributed by atoms with Crippen molar-refractivity contribution in [2.45, 2.75) is 38.0 Å². The molecule has 4 heteroatoms. The predicted octanol–water partition coefficient (Wildman–Crippen LogP) is 1.84. The van der Waals surface area contributed by atoms with Crippen molar-refractivity contribution in [3.8, 4) is 0 Å². The predicted molar refractivity (Wildman–Crippen MR) is 65.0 cm³/mol. The van der Waals surface area contributed by atoms with Crippen molar-refractivity contribution in [1.29, 1.82) is 0 Å². The minimum absolute atomic E-state index is 0.538. The van der Waals surface area contributed by atoms with E-state index in [2.05, 4.69) is 11.3 Å². The van der Waals surface area contributed by atoms with Gasteiger partial charge in [-0.05, 0) is 31.2 Å². The molecular weight excluding hydrogens is 216 g/mol. The van der Waals surface area contributed by atoms with Crippen molar-refractivity contribution >= 4 is 6.29 Å². The van der Waals surface area contributed by atoms with E-state index in [0.717, 1.165) is 45.2 Å². The maximum atomic E-state index is 10.3. The van der Waals surface area contributed by atoms with Gasteiger partial charge in [-0.15, -0.1) is 0 Å². The molecule has 1 aliphatic rings. The maximum absolute atomic E-state index is 10.3. The van der Waals surface area contributed by atoms with Gasteiger partial charge in [-0.1, -0.05) is 0 Å². The summed E-state index contributed by atoms with van der Waals surface area (Å²) in [6.07, 6.45) is 7.74. The molecule has 1 fully saturated rings. The number of aldehydes is 1. The lowest BCUT2D eigenvalue weighted by atomic mass is 9.92. The Labute approximate surface area is 102 Å². The number of aromatic nitrogens is 2. The van der Waals surface area contributed by atoms with Crippen LogP contribution in [-0.2, 0) is 23.0 Å². The average Bonchev–Trinajstić information content (AvgIpc) is 2.72. The Bertz CT molecular complexity index is 367. The fourth-order valence-corrected chi connectivity index (χ4v) is 2.44. The first-order valence-electron chi connectivity index (χ1n) is 6.35. The molecule has 0 radical (unpaired) electrons. The van der Waals surface area contributed by atoms with Crippen LogP contribution < -0.4 is 0 Å². The highest BCUT2D eigenvalue weighted by atomic mass is 16.5. The van der Waals surface area contributed by atoms with E-state index in [1.807, 2.05) is 11.7 Å². The summed E-state index contributed by atoms with van der Waals surface area (Å²) in [4.78, 5) is 10.3. The number of hydrogen-bond acceptors (Lipinski definition) is 3. The first kappa shape index (κ1) is 12.3. The third-order valence-electron chi connectivity index (χ3n) is 3.31. The summed E-state index contributed by atoms with van der Waals surface area (Å²) in [6, 6.07) is 0. The number of unbranched alkanes of at least 4 members (excludes halogenated alkanes) is 1. The molecule has 0 saturated carbocycles. The van der Waals surface area contributed by atoms with Gasteiger partial charge >= 0.3 is 0 Å². The molecule has 2 rings (SSSR count). The largest absolute Gasteiger partial charge is 0.381 e. The van der Waals surface area contributed by atoms with Crippen molar-refractivity contribution < 1.29 is 9.53 Å². The van der Waals surface area contributed by atoms with E-state index in [1.54, 1.807) is 0 Å². The lowest BCUT2D eigenvalue weighted by Gasteiger charge is -2.21. The van der Waals surface area contributed by atoms with Crippen LogP contribution in [0.25, 0.3) is 0 Å². The topological polar surface area (TPSA) is 44.1 Å². The molecular formula is C13H20N2O2. The highest BCUT2D eigenvalue weighted by Crippen LogP contribution is 2.28. The fraction of sp³-hybridized carbons (Fsp3) is 0.692. The summed E-state index contributed by atoms with van der Waals surface area (Å²) >= 11 is 0. The number of hydrogen-bond donors (Lipinski definition) is 0. The molecule has 2 heterocycles. The van der Waals surface area contributed by atoms with Gasteiger partial charge in [-0.2, -0.15) is 5.10 Å². The number of carbonyl (C=O) groups excluding carboxylic acids is 1. The minimum atomic E-state index is 0.538.